The van der Waals surface area contributed by atoms with E-state index in [4.69, 9.17) is 23.2 Å². The lowest BCUT2D eigenvalue weighted by Crippen LogP contribution is -2.59. The van der Waals surface area contributed by atoms with Crippen LogP contribution in [0.15, 0.2) is 0 Å². The van der Waals surface area contributed by atoms with Gasteiger partial charge in [0.1, 0.15) is 0 Å². The Morgan fingerprint density at radius 3 is 2.00 bits per heavy atom. The monoisotopic (exact) mass is 206 g/mol. The zero-order chi connectivity index (χ0) is 8.86. The number of carbonyl (C=O) groups is 1. The van der Waals surface area contributed by atoms with Crippen LogP contribution in [0, 0.1) is 5.92 Å². The van der Waals surface area contributed by atoms with E-state index in [2.05, 4.69) is 0 Å². The summed E-state index contributed by atoms with van der Waals surface area (Å²) in [5, 5.41) is -4.44. The first-order valence-electron chi connectivity index (χ1n) is 2.74. The standard InChI is InChI=1S/C5H3Cl2F3O/c6-3(11)2-1-4(8,9)5(2,7)10/h2H,1H2. The third-order valence-corrected chi connectivity index (χ3v) is 2.46. The molecule has 1 rings (SSSR count). The predicted molar refractivity (Wildman–Crippen MR) is 33.6 cm³/mol. The maximum atomic E-state index is 12.6. The van der Waals surface area contributed by atoms with Crippen molar-refractivity contribution in [3.05, 3.63) is 0 Å². The van der Waals surface area contributed by atoms with Crippen LogP contribution in [-0.4, -0.2) is 16.3 Å². The van der Waals surface area contributed by atoms with Gasteiger partial charge >= 0.3 is 0 Å². The normalized spacial score (nSPS) is 41.4. The van der Waals surface area contributed by atoms with Gasteiger partial charge in [0, 0.05) is 6.42 Å². The van der Waals surface area contributed by atoms with Gasteiger partial charge in [0.15, 0.2) is 0 Å². The minimum atomic E-state index is -3.64. The quantitative estimate of drug-likeness (QED) is 0.476. The van der Waals surface area contributed by atoms with Gasteiger partial charge in [-0.15, -0.1) is 0 Å². The van der Waals surface area contributed by atoms with Gasteiger partial charge in [-0.3, -0.25) is 4.79 Å². The van der Waals surface area contributed by atoms with Crippen molar-refractivity contribution in [3.63, 3.8) is 0 Å². The van der Waals surface area contributed by atoms with Crippen LogP contribution in [0.5, 0.6) is 0 Å². The number of alkyl halides is 4. The minimum Gasteiger partial charge on any atom is -0.281 e. The average molecular weight is 207 g/mol. The van der Waals surface area contributed by atoms with E-state index in [1.807, 2.05) is 0 Å². The predicted octanol–water partition coefficient (Wildman–Crippen LogP) is 2.31. The fraction of sp³-hybridized carbons (Fsp3) is 0.800. The molecule has 1 nitrogen and oxygen atoms in total. The maximum Gasteiger partial charge on any atom is 0.296 e. The molecule has 0 aromatic carbocycles. The van der Waals surface area contributed by atoms with Gasteiger partial charge in [-0.05, 0) is 11.6 Å². The number of halogens is 5. The van der Waals surface area contributed by atoms with Crippen LogP contribution in [0.4, 0.5) is 13.2 Å². The molecule has 0 N–H and O–H groups in total. The molecule has 0 aliphatic heterocycles. The summed E-state index contributed by atoms with van der Waals surface area (Å²) >= 11 is 9.53. The zero-order valence-electron chi connectivity index (χ0n) is 5.08. The highest BCUT2D eigenvalue weighted by Crippen LogP contribution is 2.57. The van der Waals surface area contributed by atoms with Crippen molar-refractivity contribution >= 4 is 28.4 Å². The molecule has 0 aromatic rings. The summed E-state index contributed by atoms with van der Waals surface area (Å²) in [6.45, 7) is 0. The average Bonchev–Trinajstić information content (AvgIpc) is 1.82. The first-order chi connectivity index (χ1) is 4.79. The molecule has 11 heavy (non-hydrogen) atoms. The van der Waals surface area contributed by atoms with Gasteiger partial charge in [0.05, 0.1) is 5.92 Å². The molecule has 1 aliphatic carbocycles. The molecule has 0 saturated heterocycles. The Bertz CT molecular complexity index is 204. The third-order valence-electron chi connectivity index (χ3n) is 1.66. The topological polar surface area (TPSA) is 17.1 Å². The smallest absolute Gasteiger partial charge is 0.281 e. The van der Waals surface area contributed by atoms with Gasteiger partial charge < -0.3 is 0 Å². The van der Waals surface area contributed by atoms with E-state index in [-0.39, 0.29) is 0 Å². The number of carbonyl (C=O) groups excluding carboxylic acids is 1. The Labute approximate surface area is 70.5 Å². The summed E-state index contributed by atoms with van der Waals surface area (Å²) in [4.78, 5) is 10.2. The summed E-state index contributed by atoms with van der Waals surface area (Å²) in [6, 6.07) is 0. The van der Waals surface area contributed by atoms with Gasteiger partial charge in [-0.25, -0.2) is 13.2 Å². The number of hydrogen-bond acceptors (Lipinski definition) is 1. The second-order valence-electron chi connectivity index (χ2n) is 2.39. The summed E-state index contributed by atoms with van der Waals surface area (Å²) in [6.07, 6.45) is -0.907. The molecule has 6 heteroatoms. The number of rotatable bonds is 1. The van der Waals surface area contributed by atoms with E-state index in [1.165, 1.54) is 0 Å². The lowest BCUT2D eigenvalue weighted by Gasteiger charge is -2.43. The van der Waals surface area contributed by atoms with Gasteiger partial charge in [-0.2, -0.15) is 0 Å². The van der Waals surface area contributed by atoms with E-state index >= 15 is 0 Å². The highest BCUT2D eigenvalue weighted by atomic mass is 35.5. The van der Waals surface area contributed by atoms with Crippen LogP contribution >= 0.6 is 23.2 Å². The van der Waals surface area contributed by atoms with Gasteiger partial charge in [-0.1, -0.05) is 11.6 Å². The Hall–Kier alpha value is 0.0400. The highest BCUT2D eigenvalue weighted by molar-refractivity contribution is 6.64. The summed E-state index contributed by atoms with van der Waals surface area (Å²) < 4.78 is 37.0. The van der Waals surface area contributed by atoms with Gasteiger partial charge in [0.2, 0.25) is 5.24 Å². The second kappa shape index (κ2) is 2.26. The molecule has 0 amide bonds. The van der Waals surface area contributed by atoms with Crippen molar-refractivity contribution in [1.29, 1.82) is 0 Å². The van der Waals surface area contributed by atoms with Crippen molar-refractivity contribution in [1.82, 2.24) is 0 Å². The van der Waals surface area contributed by atoms with Crippen molar-refractivity contribution in [2.24, 2.45) is 5.92 Å². The van der Waals surface area contributed by atoms with E-state index < -0.39 is 28.6 Å². The Balaban J connectivity index is 2.77. The fourth-order valence-corrected chi connectivity index (χ4v) is 1.40. The second-order valence-corrected chi connectivity index (χ2v) is 3.31. The van der Waals surface area contributed by atoms with Crippen molar-refractivity contribution < 1.29 is 18.0 Å². The first kappa shape index (κ1) is 9.13. The molecule has 0 bridgehead atoms. The van der Waals surface area contributed by atoms with E-state index in [1.54, 1.807) is 0 Å². The third kappa shape index (κ3) is 1.12. The minimum absolute atomic E-state index is 0.907. The summed E-state index contributed by atoms with van der Waals surface area (Å²) in [7, 11) is 0. The molecular formula is C5H3Cl2F3O. The molecule has 0 aromatic heterocycles. The molecule has 0 radical (unpaired) electrons. The lowest BCUT2D eigenvalue weighted by atomic mass is 9.79. The van der Waals surface area contributed by atoms with Crippen LogP contribution in [-0.2, 0) is 4.79 Å². The van der Waals surface area contributed by atoms with Crippen LogP contribution in [0.3, 0.4) is 0 Å². The molecule has 1 aliphatic rings. The van der Waals surface area contributed by atoms with Gasteiger partial charge in [0.25, 0.3) is 11.1 Å². The van der Waals surface area contributed by atoms with Crippen molar-refractivity contribution in [2.75, 3.05) is 0 Å². The van der Waals surface area contributed by atoms with Crippen LogP contribution < -0.4 is 0 Å². The highest BCUT2D eigenvalue weighted by Gasteiger charge is 2.71. The maximum absolute atomic E-state index is 12.6. The molecule has 2 atom stereocenters. The van der Waals surface area contributed by atoms with E-state index in [0.29, 0.717) is 0 Å². The Morgan fingerprint density at radius 2 is 1.91 bits per heavy atom. The SMILES string of the molecule is O=C(Cl)C1CC(F)(F)C1(F)Cl. The van der Waals surface area contributed by atoms with Crippen LogP contribution in [0.1, 0.15) is 6.42 Å². The number of hydrogen-bond donors (Lipinski definition) is 0. The largest absolute Gasteiger partial charge is 0.296 e. The first-order valence-corrected chi connectivity index (χ1v) is 3.49. The summed E-state index contributed by atoms with van der Waals surface area (Å²) in [5.74, 6) is -5.22. The molecule has 0 heterocycles. The molecule has 2 unspecified atom stereocenters. The van der Waals surface area contributed by atoms with E-state index in [9.17, 15) is 18.0 Å². The molecule has 1 saturated carbocycles. The molecular weight excluding hydrogens is 204 g/mol. The van der Waals surface area contributed by atoms with Crippen LogP contribution in [0.2, 0.25) is 0 Å². The van der Waals surface area contributed by atoms with Crippen molar-refractivity contribution in [2.45, 2.75) is 17.5 Å². The molecule has 0 spiro atoms. The zero-order valence-corrected chi connectivity index (χ0v) is 6.59. The molecule has 1 fully saturated rings. The van der Waals surface area contributed by atoms with E-state index in [0.717, 1.165) is 0 Å². The fourth-order valence-electron chi connectivity index (χ4n) is 0.867. The Kier molecular flexibility index (Phi) is 1.88. The van der Waals surface area contributed by atoms with Crippen LogP contribution in [0.25, 0.3) is 0 Å². The van der Waals surface area contributed by atoms with Crippen molar-refractivity contribution in [3.8, 4) is 0 Å². The lowest BCUT2D eigenvalue weighted by molar-refractivity contribution is -0.203. The Morgan fingerprint density at radius 1 is 1.45 bits per heavy atom. The summed E-state index contributed by atoms with van der Waals surface area (Å²) in [5.41, 5.74) is 0. The molecule has 64 valence electrons.